The highest BCUT2D eigenvalue weighted by Gasteiger charge is 2.18. The lowest BCUT2D eigenvalue weighted by Gasteiger charge is -1.93. The highest BCUT2D eigenvalue weighted by molar-refractivity contribution is 5.95. The number of hydrogen-bond donors (Lipinski definition) is 0. The first-order valence-electron chi connectivity index (χ1n) is 3.19. The lowest BCUT2D eigenvalue weighted by Crippen LogP contribution is -1.97. The summed E-state index contributed by atoms with van der Waals surface area (Å²) in [5.74, 6) is 0.457. The van der Waals surface area contributed by atoms with Crippen molar-refractivity contribution < 1.29 is 9.53 Å². The number of carbonyl (C=O) groups excluding carboxylic acids is 1. The molecule has 1 aliphatic heterocycles. The van der Waals surface area contributed by atoms with Crippen molar-refractivity contribution >= 4 is 5.97 Å². The predicted octanol–water partition coefficient (Wildman–Crippen LogP) is 1.78. The van der Waals surface area contributed by atoms with Crippen molar-refractivity contribution in [1.82, 2.24) is 0 Å². The van der Waals surface area contributed by atoms with Crippen LogP contribution in [0.25, 0.3) is 0 Å². The fourth-order valence-electron chi connectivity index (χ4n) is 0.841. The van der Waals surface area contributed by atoms with Crippen molar-refractivity contribution in [2.75, 3.05) is 0 Å². The van der Waals surface area contributed by atoms with Gasteiger partial charge in [0.05, 0.1) is 5.57 Å². The van der Waals surface area contributed by atoms with Crippen LogP contribution in [-0.2, 0) is 9.53 Å². The Morgan fingerprint density at radius 3 is 2.30 bits per heavy atom. The number of ether oxygens (including phenoxy) is 1. The van der Waals surface area contributed by atoms with Gasteiger partial charge >= 0.3 is 5.97 Å². The van der Waals surface area contributed by atoms with E-state index >= 15 is 0 Å². The Hall–Kier alpha value is -1.05. The Morgan fingerprint density at radius 1 is 1.50 bits per heavy atom. The van der Waals surface area contributed by atoms with Gasteiger partial charge in [-0.1, -0.05) is 5.57 Å². The normalized spacial score (nSPS) is 16.9. The average Bonchev–Trinajstić information content (AvgIpc) is 2.10. The van der Waals surface area contributed by atoms with Crippen LogP contribution in [0.2, 0.25) is 0 Å². The maximum atomic E-state index is 10.9. The van der Waals surface area contributed by atoms with E-state index in [2.05, 4.69) is 0 Å². The van der Waals surface area contributed by atoms with E-state index < -0.39 is 0 Å². The summed E-state index contributed by atoms with van der Waals surface area (Å²) in [5.41, 5.74) is 1.69. The molecule has 0 amide bonds. The van der Waals surface area contributed by atoms with Crippen LogP contribution in [0.15, 0.2) is 23.0 Å². The van der Waals surface area contributed by atoms with E-state index in [1.807, 2.05) is 13.8 Å². The van der Waals surface area contributed by atoms with Crippen molar-refractivity contribution in [3.05, 3.63) is 23.0 Å². The zero-order valence-corrected chi connectivity index (χ0v) is 6.39. The van der Waals surface area contributed by atoms with Crippen LogP contribution in [0.1, 0.15) is 20.8 Å². The summed E-state index contributed by atoms with van der Waals surface area (Å²) in [4.78, 5) is 10.9. The summed E-state index contributed by atoms with van der Waals surface area (Å²) >= 11 is 0. The van der Waals surface area contributed by atoms with Gasteiger partial charge in [-0.3, -0.25) is 0 Å². The Kier molecular flexibility index (Phi) is 1.62. The van der Waals surface area contributed by atoms with Crippen LogP contribution in [0, 0.1) is 0 Å². The summed E-state index contributed by atoms with van der Waals surface area (Å²) in [6, 6.07) is 0. The molecule has 0 radical (unpaired) electrons. The molecule has 0 fully saturated rings. The second-order valence-corrected chi connectivity index (χ2v) is 2.56. The first-order valence-corrected chi connectivity index (χ1v) is 3.19. The third-order valence-corrected chi connectivity index (χ3v) is 1.36. The molecular weight excluding hydrogens is 128 g/mol. The predicted molar refractivity (Wildman–Crippen MR) is 38.2 cm³/mol. The maximum absolute atomic E-state index is 10.9. The number of rotatable bonds is 0. The molecule has 0 unspecified atom stereocenters. The third kappa shape index (κ3) is 1.10. The van der Waals surface area contributed by atoms with Crippen LogP contribution in [-0.4, -0.2) is 5.97 Å². The summed E-state index contributed by atoms with van der Waals surface area (Å²) in [6.45, 7) is 5.56. The van der Waals surface area contributed by atoms with E-state index in [1.165, 1.54) is 0 Å². The van der Waals surface area contributed by atoms with Crippen molar-refractivity contribution in [3.63, 3.8) is 0 Å². The molecular formula is C8H10O2. The molecule has 0 aromatic rings. The van der Waals surface area contributed by atoms with Crippen LogP contribution in [0.5, 0.6) is 0 Å². The van der Waals surface area contributed by atoms with Crippen molar-refractivity contribution in [3.8, 4) is 0 Å². The van der Waals surface area contributed by atoms with E-state index in [9.17, 15) is 4.79 Å². The second-order valence-electron chi connectivity index (χ2n) is 2.56. The molecule has 0 aromatic heterocycles. The monoisotopic (exact) mass is 138 g/mol. The standard InChI is InChI=1S/C8H10O2/c1-5(2)7-4-6(3)10-8(7)9/h4H,1-3H3. The van der Waals surface area contributed by atoms with Gasteiger partial charge in [0.15, 0.2) is 0 Å². The molecule has 1 aliphatic rings. The maximum Gasteiger partial charge on any atom is 0.343 e. The van der Waals surface area contributed by atoms with Crippen molar-refractivity contribution in [2.24, 2.45) is 0 Å². The molecule has 0 atom stereocenters. The molecule has 1 rings (SSSR count). The number of carbonyl (C=O) groups is 1. The third-order valence-electron chi connectivity index (χ3n) is 1.36. The number of esters is 1. The topological polar surface area (TPSA) is 26.3 Å². The van der Waals surface area contributed by atoms with E-state index in [0.717, 1.165) is 5.57 Å². The van der Waals surface area contributed by atoms with E-state index in [1.54, 1.807) is 13.0 Å². The first-order chi connectivity index (χ1) is 4.61. The molecule has 0 saturated carbocycles. The Bertz CT molecular complexity index is 230. The smallest absolute Gasteiger partial charge is 0.343 e. The summed E-state index contributed by atoms with van der Waals surface area (Å²) < 4.78 is 4.80. The fourth-order valence-corrected chi connectivity index (χ4v) is 0.841. The van der Waals surface area contributed by atoms with E-state index in [0.29, 0.717) is 11.3 Å². The van der Waals surface area contributed by atoms with Crippen LogP contribution >= 0.6 is 0 Å². The second kappa shape index (κ2) is 2.29. The van der Waals surface area contributed by atoms with Gasteiger partial charge in [0.1, 0.15) is 5.76 Å². The number of allylic oxidation sites excluding steroid dienone is 2. The lowest BCUT2D eigenvalue weighted by molar-refractivity contribution is -0.133. The van der Waals surface area contributed by atoms with Crippen LogP contribution in [0.3, 0.4) is 0 Å². The van der Waals surface area contributed by atoms with Gasteiger partial charge in [-0.15, -0.1) is 0 Å². The van der Waals surface area contributed by atoms with Gasteiger partial charge in [0, 0.05) is 0 Å². The molecule has 1 heterocycles. The molecule has 0 aromatic carbocycles. The summed E-state index contributed by atoms with van der Waals surface area (Å²) in [5, 5.41) is 0. The van der Waals surface area contributed by atoms with Crippen LogP contribution < -0.4 is 0 Å². The van der Waals surface area contributed by atoms with Gasteiger partial charge in [0.25, 0.3) is 0 Å². The van der Waals surface area contributed by atoms with Gasteiger partial charge in [-0.25, -0.2) is 4.79 Å². The molecule has 0 N–H and O–H groups in total. The summed E-state index contributed by atoms with van der Waals surface area (Å²) in [7, 11) is 0. The van der Waals surface area contributed by atoms with E-state index in [4.69, 9.17) is 4.74 Å². The molecule has 0 spiro atoms. The molecule has 2 heteroatoms. The molecule has 2 nitrogen and oxygen atoms in total. The molecule has 0 bridgehead atoms. The SMILES string of the molecule is CC1=CC(=C(C)C)C(=O)O1. The zero-order valence-electron chi connectivity index (χ0n) is 6.39. The number of hydrogen-bond acceptors (Lipinski definition) is 2. The molecule has 0 aliphatic carbocycles. The minimum Gasteiger partial charge on any atom is -0.428 e. The fraction of sp³-hybridized carbons (Fsp3) is 0.375. The molecule has 0 saturated heterocycles. The largest absolute Gasteiger partial charge is 0.428 e. The first kappa shape index (κ1) is 7.06. The molecule has 10 heavy (non-hydrogen) atoms. The van der Waals surface area contributed by atoms with Gasteiger partial charge in [-0.05, 0) is 26.8 Å². The number of cyclic esters (lactones) is 1. The lowest BCUT2D eigenvalue weighted by atomic mass is 10.1. The quantitative estimate of drug-likeness (QED) is 0.376. The van der Waals surface area contributed by atoms with Crippen molar-refractivity contribution in [1.29, 1.82) is 0 Å². The van der Waals surface area contributed by atoms with Gasteiger partial charge < -0.3 is 4.74 Å². The highest BCUT2D eigenvalue weighted by atomic mass is 16.5. The average molecular weight is 138 g/mol. The van der Waals surface area contributed by atoms with Crippen molar-refractivity contribution in [2.45, 2.75) is 20.8 Å². The Labute approximate surface area is 60.2 Å². The zero-order chi connectivity index (χ0) is 7.72. The Balaban J connectivity index is 3.01. The van der Waals surface area contributed by atoms with E-state index in [-0.39, 0.29) is 5.97 Å². The highest BCUT2D eigenvalue weighted by Crippen LogP contribution is 2.18. The minimum absolute atomic E-state index is 0.225. The molecule has 54 valence electrons. The summed E-state index contributed by atoms with van der Waals surface area (Å²) in [6.07, 6.45) is 1.76. The van der Waals surface area contributed by atoms with Gasteiger partial charge in [-0.2, -0.15) is 0 Å². The van der Waals surface area contributed by atoms with Gasteiger partial charge in [0.2, 0.25) is 0 Å². The Morgan fingerprint density at radius 2 is 2.10 bits per heavy atom. The van der Waals surface area contributed by atoms with Crippen LogP contribution in [0.4, 0.5) is 0 Å². The minimum atomic E-state index is -0.225.